The van der Waals surface area contributed by atoms with Gasteiger partial charge in [0, 0.05) is 12.5 Å². The number of carbonyl (C=O) groups is 1. The largest absolute Gasteiger partial charge is 0.381 e. The van der Waals surface area contributed by atoms with Crippen molar-refractivity contribution in [2.45, 2.75) is 6.42 Å². The molecule has 1 atom stereocenters. The molecule has 0 spiro atoms. The first-order chi connectivity index (χ1) is 8.81. The van der Waals surface area contributed by atoms with Gasteiger partial charge in [-0.05, 0) is 23.9 Å². The van der Waals surface area contributed by atoms with Crippen LogP contribution in [0.25, 0.3) is 9.53 Å². The molecule has 18 heavy (non-hydrogen) atoms. The van der Waals surface area contributed by atoms with E-state index in [0.29, 0.717) is 11.0 Å². The normalized spacial score (nSPS) is 19.9. The SMILES string of the molecule is O=C(C=CC1CCOC1)Nc1nc2ccsc2s1. The first-order valence-electron chi connectivity index (χ1n) is 5.72. The summed E-state index contributed by atoms with van der Waals surface area (Å²) in [5, 5.41) is 5.45. The first kappa shape index (κ1) is 11.8. The van der Waals surface area contributed by atoms with Gasteiger partial charge in [-0.25, -0.2) is 4.98 Å². The van der Waals surface area contributed by atoms with E-state index < -0.39 is 0 Å². The van der Waals surface area contributed by atoms with E-state index in [-0.39, 0.29) is 5.91 Å². The van der Waals surface area contributed by atoms with E-state index in [0.717, 1.165) is 29.2 Å². The minimum atomic E-state index is -0.122. The molecule has 2 aromatic rings. The smallest absolute Gasteiger partial charge is 0.249 e. The van der Waals surface area contributed by atoms with Crippen LogP contribution in [0.5, 0.6) is 0 Å². The lowest BCUT2D eigenvalue weighted by molar-refractivity contribution is -0.111. The Morgan fingerprint density at radius 1 is 1.61 bits per heavy atom. The Kier molecular flexibility index (Phi) is 3.40. The molecule has 1 aliphatic rings. The van der Waals surface area contributed by atoms with Gasteiger partial charge >= 0.3 is 0 Å². The maximum atomic E-state index is 11.7. The van der Waals surface area contributed by atoms with Gasteiger partial charge < -0.3 is 4.74 Å². The number of aromatic nitrogens is 1. The summed E-state index contributed by atoms with van der Waals surface area (Å²) in [6.07, 6.45) is 4.49. The maximum Gasteiger partial charge on any atom is 0.249 e. The fraction of sp³-hybridized carbons (Fsp3) is 0.333. The van der Waals surface area contributed by atoms with Gasteiger partial charge in [0.05, 0.1) is 12.1 Å². The van der Waals surface area contributed by atoms with Crippen molar-refractivity contribution in [2.24, 2.45) is 5.92 Å². The Morgan fingerprint density at radius 3 is 3.33 bits per heavy atom. The summed E-state index contributed by atoms with van der Waals surface area (Å²) in [5.41, 5.74) is 0.952. The summed E-state index contributed by atoms with van der Waals surface area (Å²) in [6.45, 7) is 1.51. The van der Waals surface area contributed by atoms with E-state index in [2.05, 4.69) is 10.3 Å². The van der Waals surface area contributed by atoms with E-state index in [1.54, 1.807) is 17.4 Å². The molecule has 1 amide bonds. The minimum absolute atomic E-state index is 0.122. The molecule has 0 aliphatic carbocycles. The van der Waals surface area contributed by atoms with Crippen molar-refractivity contribution >= 4 is 43.2 Å². The standard InChI is InChI=1S/C12H12N2O2S2/c15-10(2-1-8-3-5-16-7-8)14-12-13-9-4-6-17-11(9)18-12/h1-2,4,6,8H,3,5,7H2,(H,13,14,15). The Morgan fingerprint density at radius 2 is 2.56 bits per heavy atom. The number of amides is 1. The number of hydrogen-bond acceptors (Lipinski definition) is 5. The summed E-state index contributed by atoms with van der Waals surface area (Å²) in [4.78, 5) is 16.0. The highest BCUT2D eigenvalue weighted by Gasteiger charge is 2.12. The molecule has 4 nitrogen and oxygen atoms in total. The summed E-state index contributed by atoms with van der Waals surface area (Å²) < 4.78 is 6.38. The highest BCUT2D eigenvalue weighted by Crippen LogP contribution is 2.30. The lowest BCUT2D eigenvalue weighted by Gasteiger charge is -1.98. The fourth-order valence-electron chi connectivity index (χ4n) is 1.80. The van der Waals surface area contributed by atoms with Crippen molar-refractivity contribution in [1.29, 1.82) is 0 Å². The molecule has 0 aromatic carbocycles. The Balaban J connectivity index is 1.61. The third kappa shape index (κ3) is 2.60. The molecule has 0 saturated carbocycles. The van der Waals surface area contributed by atoms with Crippen LogP contribution < -0.4 is 5.32 Å². The number of fused-ring (bicyclic) bond motifs is 1. The number of rotatable bonds is 3. The van der Waals surface area contributed by atoms with Gasteiger partial charge in [0.1, 0.15) is 4.01 Å². The van der Waals surface area contributed by atoms with Crippen LogP contribution >= 0.6 is 22.7 Å². The van der Waals surface area contributed by atoms with Crippen molar-refractivity contribution in [1.82, 2.24) is 4.98 Å². The predicted octanol–water partition coefficient (Wildman–Crippen LogP) is 2.89. The van der Waals surface area contributed by atoms with Crippen molar-refractivity contribution in [3.05, 3.63) is 23.6 Å². The van der Waals surface area contributed by atoms with Gasteiger partial charge in [0.2, 0.25) is 5.91 Å². The highest BCUT2D eigenvalue weighted by atomic mass is 32.2. The van der Waals surface area contributed by atoms with E-state index >= 15 is 0 Å². The Labute approximate surface area is 112 Å². The molecular weight excluding hydrogens is 268 g/mol. The average molecular weight is 280 g/mol. The molecule has 1 aliphatic heterocycles. The molecule has 1 fully saturated rings. The molecule has 3 heterocycles. The van der Waals surface area contributed by atoms with Crippen LogP contribution in [0.3, 0.4) is 0 Å². The van der Waals surface area contributed by atoms with Gasteiger partial charge in [-0.3, -0.25) is 10.1 Å². The van der Waals surface area contributed by atoms with Gasteiger partial charge in [0.15, 0.2) is 5.13 Å². The number of carbonyl (C=O) groups excluding carboxylic acids is 1. The molecule has 0 bridgehead atoms. The number of anilines is 1. The number of hydrogen-bond donors (Lipinski definition) is 1. The molecule has 1 saturated heterocycles. The third-order valence-corrected chi connectivity index (χ3v) is 4.75. The van der Waals surface area contributed by atoms with Crippen molar-refractivity contribution < 1.29 is 9.53 Å². The van der Waals surface area contributed by atoms with E-state index in [1.807, 2.05) is 17.5 Å². The zero-order valence-electron chi connectivity index (χ0n) is 9.59. The molecule has 1 unspecified atom stereocenters. The zero-order valence-corrected chi connectivity index (χ0v) is 11.2. The Bertz CT molecular complexity index is 553. The van der Waals surface area contributed by atoms with E-state index in [4.69, 9.17) is 4.74 Å². The number of nitrogens with zero attached hydrogens (tertiary/aromatic N) is 1. The number of thiophene rings is 1. The van der Waals surface area contributed by atoms with Gasteiger partial charge in [0.25, 0.3) is 0 Å². The van der Waals surface area contributed by atoms with Crippen molar-refractivity contribution in [2.75, 3.05) is 18.5 Å². The topological polar surface area (TPSA) is 51.2 Å². The molecular formula is C12H12N2O2S2. The average Bonchev–Trinajstić information content (AvgIpc) is 3.01. The van der Waals surface area contributed by atoms with Crippen molar-refractivity contribution in [3.63, 3.8) is 0 Å². The number of thiazole rings is 1. The van der Waals surface area contributed by atoms with Crippen LogP contribution in [-0.4, -0.2) is 24.1 Å². The number of nitrogens with one attached hydrogen (secondary N) is 1. The van der Waals surface area contributed by atoms with Crippen LogP contribution in [0, 0.1) is 5.92 Å². The summed E-state index contributed by atoms with van der Waals surface area (Å²) >= 11 is 3.15. The minimum Gasteiger partial charge on any atom is -0.381 e. The quantitative estimate of drug-likeness (QED) is 0.880. The second-order valence-corrected chi connectivity index (χ2v) is 6.26. The molecule has 6 heteroatoms. The molecule has 0 radical (unpaired) electrons. The van der Waals surface area contributed by atoms with Crippen LogP contribution in [0.4, 0.5) is 5.13 Å². The van der Waals surface area contributed by atoms with Gasteiger partial charge in [-0.1, -0.05) is 17.4 Å². The third-order valence-electron chi connectivity index (χ3n) is 2.74. The van der Waals surface area contributed by atoms with Crippen LogP contribution in [0.15, 0.2) is 23.6 Å². The second kappa shape index (κ2) is 5.17. The molecule has 2 aromatic heterocycles. The second-order valence-electron chi connectivity index (χ2n) is 4.08. The van der Waals surface area contributed by atoms with Gasteiger partial charge in [-0.2, -0.15) is 0 Å². The fourth-order valence-corrected chi connectivity index (χ4v) is 3.64. The van der Waals surface area contributed by atoms with Crippen LogP contribution in [0.2, 0.25) is 0 Å². The van der Waals surface area contributed by atoms with Crippen LogP contribution in [-0.2, 0) is 9.53 Å². The monoisotopic (exact) mass is 280 g/mol. The van der Waals surface area contributed by atoms with Crippen LogP contribution in [0.1, 0.15) is 6.42 Å². The summed E-state index contributed by atoms with van der Waals surface area (Å²) in [5.74, 6) is 0.249. The summed E-state index contributed by atoms with van der Waals surface area (Å²) in [7, 11) is 0. The molecule has 1 N–H and O–H groups in total. The highest BCUT2D eigenvalue weighted by molar-refractivity contribution is 7.39. The lowest BCUT2D eigenvalue weighted by atomic mass is 10.1. The number of ether oxygens (including phenoxy) is 1. The molecule has 94 valence electrons. The maximum absolute atomic E-state index is 11.7. The van der Waals surface area contributed by atoms with Crippen molar-refractivity contribution in [3.8, 4) is 0 Å². The molecule has 3 rings (SSSR count). The first-order valence-corrected chi connectivity index (χ1v) is 7.42. The summed E-state index contributed by atoms with van der Waals surface area (Å²) in [6, 6.07) is 1.96. The Hall–Kier alpha value is -1.24. The predicted molar refractivity (Wildman–Crippen MR) is 74.2 cm³/mol. The lowest BCUT2D eigenvalue weighted by Crippen LogP contribution is -2.08. The van der Waals surface area contributed by atoms with Gasteiger partial charge in [-0.15, -0.1) is 11.3 Å². The zero-order chi connectivity index (χ0) is 12.4. The van der Waals surface area contributed by atoms with E-state index in [9.17, 15) is 4.79 Å². The van der Waals surface area contributed by atoms with E-state index in [1.165, 1.54) is 11.3 Å².